The SMILES string of the molecule is CCC(COCC(CC)COC(C)=O)COC(C)=O.CCCCCC. The third-order valence-electron chi connectivity index (χ3n) is 3.86. The van der Waals surface area contributed by atoms with E-state index in [1.165, 1.54) is 39.5 Å². The minimum absolute atomic E-state index is 0.218. The third kappa shape index (κ3) is 20.9. The maximum atomic E-state index is 10.7. The van der Waals surface area contributed by atoms with Crippen molar-refractivity contribution in [3.05, 3.63) is 0 Å². The first kappa shape index (κ1) is 26.1. The number of carbonyl (C=O) groups excluding carboxylic acids is 2. The van der Waals surface area contributed by atoms with E-state index in [0.717, 1.165) is 12.8 Å². The molecule has 0 aromatic rings. The summed E-state index contributed by atoms with van der Waals surface area (Å²) in [4.78, 5) is 21.5. The topological polar surface area (TPSA) is 61.8 Å². The molecule has 0 rings (SSSR count). The van der Waals surface area contributed by atoms with Crippen LogP contribution in [0.1, 0.15) is 80.1 Å². The summed E-state index contributed by atoms with van der Waals surface area (Å²) >= 11 is 0. The van der Waals surface area contributed by atoms with Crippen LogP contribution in [0.15, 0.2) is 0 Å². The number of hydrogen-bond acceptors (Lipinski definition) is 5. The van der Waals surface area contributed by atoms with Crippen LogP contribution in [0.25, 0.3) is 0 Å². The lowest BCUT2D eigenvalue weighted by molar-refractivity contribution is -0.143. The number of esters is 2. The van der Waals surface area contributed by atoms with Crippen LogP contribution in [0.5, 0.6) is 0 Å². The van der Waals surface area contributed by atoms with Crippen molar-refractivity contribution in [3.8, 4) is 0 Å². The van der Waals surface area contributed by atoms with E-state index in [1.807, 2.05) is 13.8 Å². The average molecular weight is 361 g/mol. The molecule has 0 aromatic carbocycles. The van der Waals surface area contributed by atoms with Crippen molar-refractivity contribution >= 4 is 11.9 Å². The van der Waals surface area contributed by atoms with Gasteiger partial charge in [-0.2, -0.15) is 0 Å². The van der Waals surface area contributed by atoms with E-state index >= 15 is 0 Å². The third-order valence-corrected chi connectivity index (χ3v) is 3.86. The maximum absolute atomic E-state index is 10.7. The predicted octanol–water partition coefficient (Wildman–Crippen LogP) is 4.77. The Morgan fingerprint density at radius 2 is 1.04 bits per heavy atom. The average Bonchev–Trinajstić information content (AvgIpc) is 2.58. The van der Waals surface area contributed by atoms with E-state index in [1.54, 1.807) is 0 Å². The Morgan fingerprint density at radius 3 is 1.28 bits per heavy atom. The minimum atomic E-state index is -0.264. The summed E-state index contributed by atoms with van der Waals surface area (Å²) in [5, 5.41) is 0. The molecule has 0 aliphatic rings. The molecular weight excluding hydrogens is 320 g/mol. The van der Waals surface area contributed by atoms with Gasteiger partial charge < -0.3 is 14.2 Å². The maximum Gasteiger partial charge on any atom is 0.302 e. The van der Waals surface area contributed by atoms with E-state index in [2.05, 4.69) is 13.8 Å². The Kier molecular flexibility index (Phi) is 20.1. The van der Waals surface area contributed by atoms with Crippen LogP contribution in [0, 0.1) is 11.8 Å². The lowest BCUT2D eigenvalue weighted by atomic mass is 10.1. The van der Waals surface area contributed by atoms with Gasteiger partial charge >= 0.3 is 11.9 Å². The Hall–Kier alpha value is -1.10. The molecule has 25 heavy (non-hydrogen) atoms. The molecule has 0 radical (unpaired) electrons. The van der Waals surface area contributed by atoms with Gasteiger partial charge in [-0.3, -0.25) is 9.59 Å². The Labute approximate surface area is 154 Å². The lowest BCUT2D eigenvalue weighted by Crippen LogP contribution is -2.22. The summed E-state index contributed by atoms with van der Waals surface area (Å²) in [5.74, 6) is -0.0928. The number of unbranched alkanes of at least 4 members (excludes halogenated alkanes) is 3. The zero-order valence-electron chi connectivity index (χ0n) is 17.3. The van der Waals surface area contributed by atoms with Gasteiger partial charge in [0.2, 0.25) is 0 Å². The summed E-state index contributed by atoms with van der Waals surface area (Å²) in [6.07, 6.45) is 7.33. The minimum Gasteiger partial charge on any atom is -0.465 e. The van der Waals surface area contributed by atoms with Crippen LogP contribution < -0.4 is 0 Å². The van der Waals surface area contributed by atoms with Gasteiger partial charge in [-0.05, 0) is 12.8 Å². The van der Waals surface area contributed by atoms with Crippen molar-refractivity contribution in [1.29, 1.82) is 0 Å². The van der Waals surface area contributed by atoms with Gasteiger partial charge in [-0.1, -0.05) is 53.4 Å². The summed E-state index contributed by atoms with van der Waals surface area (Å²) in [7, 11) is 0. The molecular formula is C20H40O5. The van der Waals surface area contributed by atoms with Gasteiger partial charge in [0, 0.05) is 25.7 Å². The van der Waals surface area contributed by atoms with Crippen LogP contribution in [-0.4, -0.2) is 38.4 Å². The molecule has 0 saturated heterocycles. The molecule has 0 fully saturated rings. The molecule has 0 saturated carbocycles. The summed E-state index contributed by atoms with van der Waals surface area (Å²) in [6, 6.07) is 0. The fraction of sp³-hybridized carbons (Fsp3) is 0.900. The van der Waals surface area contributed by atoms with Crippen molar-refractivity contribution in [3.63, 3.8) is 0 Å². The normalized spacial score (nSPS) is 12.6. The van der Waals surface area contributed by atoms with Crippen LogP contribution in [0.4, 0.5) is 0 Å². The highest BCUT2D eigenvalue weighted by Gasteiger charge is 2.12. The van der Waals surface area contributed by atoms with Gasteiger partial charge in [0.15, 0.2) is 0 Å². The molecule has 5 nitrogen and oxygen atoms in total. The fourth-order valence-corrected chi connectivity index (χ4v) is 1.94. The van der Waals surface area contributed by atoms with Gasteiger partial charge in [-0.25, -0.2) is 0 Å². The highest BCUT2D eigenvalue weighted by molar-refractivity contribution is 5.66. The quantitative estimate of drug-likeness (QED) is 0.350. The van der Waals surface area contributed by atoms with Gasteiger partial charge in [0.05, 0.1) is 26.4 Å². The molecule has 0 amide bonds. The first-order chi connectivity index (χ1) is 11.9. The highest BCUT2D eigenvalue weighted by Crippen LogP contribution is 2.08. The summed E-state index contributed by atoms with van der Waals surface area (Å²) in [5.41, 5.74) is 0. The predicted molar refractivity (Wildman–Crippen MR) is 101 cm³/mol. The number of carbonyl (C=O) groups is 2. The van der Waals surface area contributed by atoms with Crippen molar-refractivity contribution in [2.75, 3.05) is 26.4 Å². The Morgan fingerprint density at radius 1 is 0.680 bits per heavy atom. The van der Waals surface area contributed by atoms with Crippen LogP contribution in [0.2, 0.25) is 0 Å². The van der Waals surface area contributed by atoms with Crippen LogP contribution in [0.3, 0.4) is 0 Å². The van der Waals surface area contributed by atoms with Crippen molar-refractivity contribution in [2.45, 2.75) is 80.1 Å². The Bertz CT molecular complexity index is 287. The molecule has 0 spiro atoms. The number of ether oxygens (including phenoxy) is 3. The van der Waals surface area contributed by atoms with Gasteiger partial charge in [0.1, 0.15) is 0 Å². The molecule has 5 heteroatoms. The second-order valence-corrected chi connectivity index (χ2v) is 6.40. The highest BCUT2D eigenvalue weighted by atomic mass is 16.5. The molecule has 2 atom stereocenters. The fourth-order valence-electron chi connectivity index (χ4n) is 1.94. The number of rotatable bonds is 13. The second kappa shape index (κ2) is 19.2. The van der Waals surface area contributed by atoms with E-state index in [9.17, 15) is 9.59 Å². The van der Waals surface area contributed by atoms with Crippen molar-refractivity contribution in [1.82, 2.24) is 0 Å². The van der Waals surface area contributed by atoms with Gasteiger partial charge in [-0.15, -0.1) is 0 Å². The molecule has 2 unspecified atom stereocenters. The molecule has 0 aliphatic carbocycles. The molecule has 0 aromatic heterocycles. The summed E-state index contributed by atoms with van der Waals surface area (Å²) in [6.45, 7) is 13.2. The van der Waals surface area contributed by atoms with Crippen LogP contribution in [-0.2, 0) is 23.8 Å². The molecule has 150 valence electrons. The van der Waals surface area contributed by atoms with Crippen molar-refractivity contribution in [2.24, 2.45) is 11.8 Å². The lowest BCUT2D eigenvalue weighted by Gasteiger charge is -2.18. The second-order valence-electron chi connectivity index (χ2n) is 6.40. The zero-order valence-corrected chi connectivity index (χ0v) is 17.3. The smallest absolute Gasteiger partial charge is 0.302 e. The molecule has 0 N–H and O–H groups in total. The monoisotopic (exact) mass is 360 g/mol. The largest absolute Gasteiger partial charge is 0.465 e. The van der Waals surface area contributed by atoms with Crippen LogP contribution >= 0.6 is 0 Å². The van der Waals surface area contributed by atoms with Crippen molar-refractivity contribution < 1.29 is 23.8 Å². The van der Waals surface area contributed by atoms with E-state index in [-0.39, 0.29) is 23.8 Å². The first-order valence-corrected chi connectivity index (χ1v) is 9.75. The van der Waals surface area contributed by atoms with E-state index < -0.39 is 0 Å². The van der Waals surface area contributed by atoms with E-state index in [4.69, 9.17) is 14.2 Å². The molecule has 0 bridgehead atoms. The first-order valence-electron chi connectivity index (χ1n) is 9.75. The van der Waals surface area contributed by atoms with Gasteiger partial charge in [0.25, 0.3) is 0 Å². The molecule has 0 aliphatic heterocycles. The zero-order chi connectivity index (χ0) is 19.5. The van der Waals surface area contributed by atoms with E-state index in [0.29, 0.717) is 26.4 Å². The molecule has 0 heterocycles. The Balaban J connectivity index is 0. The number of hydrogen-bond donors (Lipinski definition) is 0. The summed E-state index contributed by atoms with van der Waals surface area (Å²) < 4.78 is 15.6. The standard InChI is InChI=1S/C14H26O5.C6H14/c1-5-13(9-18-11(3)15)7-17-8-14(6-2)10-19-12(4)16;1-3-5-6-4-2/h13-14H,5-10H2,1-4H3;3-6H2,1-2H3.